The summed E-state index contributed by atoms with van der Waals surface area (Å²) in [6.45, 7) is 3.43. The lowest BCUT2D eigenvalue weighted by atomic mass is 9.92. The molecule has 1 amide bonds. The number of hydrogen-bond donors (Lipinski definition) is 0. The van der Waals surface area contributed by atoms with Gasteiger partial charge in [-0.25, -0.2) is 0 Å². The van der Waals surface area contributed by atoms with E-state index in [9.17, 15) is 4.79 Å². The molecule has 0 N–H and O–H groups in total. The van der Waals surface area contributed by atoms with Gasteiger partial charge in [-0.05, 0) is 61.0 Å². The van der Waals surface area contributed by atoms with Gasteiger partial charge in [0.25, 0.3) is 5.91 Å². The standard InChI is InChI=1S/C25H28N2O4/c1-16-21-13-22(26-14-17(21)7-10-23(16)30-3)18-6-5-11-27(15-18)25(28)20-9-8-19(29-2)12-24(20)31-4/h7-10,12-14,18H,5-6,11,15H2,1-4H3. The lowest BCUT2D eigenvalue weighted by molar-refractivity contribution is 0.0702. The molecule has 1 unspecified atom stereocenters. The first-order chi connectivity index (χ1) is 15.0. The normalized spacial score (nSPS) is 16.3. The van der Waals surface area contributed by atoms with Gasteiger partial charge >= 0.3 is 0 Å². The zero-order chi connectivity index (χ0) is 22.0. The number of amides is 1. The fraction of sp³-hybridized carbons (Fsp3) is 0.360. The highest BCUT2D eigenvalue weighted by molar-refractivity contribution is 5.97. The molecule has 1 atom stereocenters. The van der Waals surface area contributed by atoms with Crippen molar-refractivity contribution in [3.8, 4) is 17.2 Å². The van der Waals surface area contributed by atoms with Gasteiger partial charge in [-0.3, -0.25) is 9.78 Å². The van der Waals surface area contributed by atoms with E-state index < -0.39 is 0 Å². The second-order valence-corrected chi connectivity index (χ2v) is 7.88. The van der Waals surface area contributed by atoms with Crippen LogP contribution in [0.5, 0.6) is 17.2 Å². The largest absolute Gasteiger partial charge is 0.497 e. The molecule has 1 aliphatic rings. The molecule has 4 rings (SSSR count). The second kappa shape index (κ2) is 8.84. The molecule has 0 spiro atoms. The number of carbonyl (C=O) groups is 1. The zero-order valence-corrected chi connectivity index (χ0v) is 18.5. The molecule has 2 aromatic carbocycles. The zero-order valence-electron chi connectivity index (χ0n) is 18.5. The summed E-state index contributed by atoms with van der Waals surface area (Å²) in [6, 6.07) is 11.5. The highest BCUT2D eigenvalue weighted by Gasteiger charge is 2.28. The molecule has 0 saturated carbocycles. The highest BCUT2D eigenvalue weighted by Crippen LogP contribution is 2.33. The first kappa shape index (κ1) is 21.0. The monoisotopic (exact) mass is 420 g/mol. The quantitative estimate of drug-likeness (QED) is 0.604. The molecule has 3 aromatic rings. The summed E-state index contributed by atoms with van der Waals surface area (Å²) in [7, 11) is 4.86. The summed E-state index contributed by atoms with van der Waals surface area (Å²) in [5.74, 6) is 2.23. The average molecular weight is 421 g/mol. The number of nitrogens with zero attached hydrogens (tertiary/aromatic N) is 2. The van der Waals surface area contributed by atoms with Gasteiger partial charge in [0.2, 0.25) is 0 Å². The van der Waals surface area contributed by atoms with Crippen molar-refractivity contribution in [1.29, 1.82) is 0 Å². The van der Waals surface area contributed by atoms with Crippen LogP contribution >= 0.6 is 0 Å². The number of benzene rings is 2. The Kier molecular flexibility index (Phi) is 5.98. The number of piperidine rings is 1. The molecule has 0 radical (unpaired) electrons. The molecular weight excluding hydrogens is 392 g/mol. The van der Waals surface area contributed by atoms with Crippen molar-refractivity contribution in [2.75, 3.05) is 34.4 Å². The maximum absolute atomic E-state index is 13.3. The van der Waals surface area contributed by atoms with Crippen LogP contribution in [0.25, 0.3) is 10.8 Å². The fourth-order valence-corrected chi connectivity index (χ4v) is 4.36. The van der Waals surface area contributed by atoms with Gasteiger partial charge in [0, 0.05) is 42.4 Å². The van der Waals surface area contributed by atoms with Crippen LogP contribution in [0.15, 0.2) is 42.6 Å². The summed E-state index contributed by atoms with van der Waals surface area (Å²) in [5, 5.41) is 2.23. The first-order valence-electron chi connectivity index (χ1n) is 10.5. The van der Waals surface area contributed by atoms with E-state index in [1.807, 2.05) is 23.2 Å². The van der Waals surface area contributed by atoms with Crippen LogP contribution in [0.3, 0.4) is 0 Å². The van der Waals surface area contributed by atoms with E-state index in [1.54, 1.807) is 39.5 Å². The minimum Gasteiger partial charge on any atom is -0.497 e. The van der Waals surface area contributed by atoms with Gasteiger partial charge in [0.1, 0.15) is 17.2 Å². The Labute approximate surface area is 182 Å². The number of fused-ring (bicyclic) bond motifs is 1. The number of ether oxygens (including phenoxy) is 3. The van der Waals surface area contributed by atoms with Crippen LogP contribution in [0.2, 0.25) is 0 Å². The van der Waals surface area contributed by atoms with E-state index in [2.05, 4.69) is 13.0 Å². The summed E-state index contributed by atoms with van der Waals surface area (Å²) < 4.78 is 16.2. The number of hydrogen-bond acceptors (Lipinski definition) is 5. The molecule has 31 heavy (non-hydrogen) atoms. The van der Waals surface area contributed by atoms with Crippen LogP contribution in [0.1, 0.15) is 40.4 Å². The van der Waals surface area contributed by atoms with E-state index in [0.717, 1.165) is 47.2 Å². The van der Waals surface area contributed by atoms with Crippen LogP contribution in [-0.2, 0) is 0 Å². The van der Waals surface area contributed by atoms with Gasteiger partial charge in [-0.2, -0.15) is 0 Å². The molecule has 1 saturated heterocycles. The highest BCUT2D eigenvalue weighted by atomic mass is 16.5. The van der Waals surface area contributed by atoms with Crippen molar-refractivity contribution in [1.82, 2.24) is 9.88 Å². The lowest BCUT2D eigenvalue weighted by Crippen LogP contribution is -2.39. The molecule has 0 bridgehead atoms. The van der Waals surface area contributed by atoms with E-state index in [4.69, 9.17) is 19.2 Å². The van der Waals surface area contributed by atoms with E-state index >= 15 is 0 Å². The average Bonchev–Trinajstić information content (AvgIpc) is 2.83. The maximum Gasteiger partial charge on any atom is 0.257 e. The summed E-state index contributed by atoms with van der Waals surface area (Å²) in [5.41, 5.74) is 2.68. The van der Waals surface area contributed by atoms with Gasteiger partial charge in [0.05, 0.1) is 26.9 Å². The Morgan fingerprint density at radius 3 is 2.58 bits per heavy atom. The van der Waals surface area contributed by atoms with E-state index in [-0.39, 0.29) is 11.8 Å². The second-order valence-electron chi connectivity index (χ2n) is 7.88. The number of rotatable bonds is 5. The number of likely N-dealkylation sites (tertiary alicyclic amines) is 1. The third-order valence-corrected chi connectivity index (χ3v) is 6.13. The Bertz CT molecular complexity index is 1110. The number of aryl methyl sites for hydroxylation is 1. The van der Waals surface area contributed by atoms with Crippen LogP contribution in [0.4, 0.5) is 0 Å². The smallest absolute Gasteiger partial charge is 0.257 e. The van der Waals surface area contributed by atoms with Crippen molar-refractivity contribution in [2.45, 2.75) is 25.7 Å². The van der Waals surface area contributed by atoms with Crippen LogP contribution in [-0.4, -0.2) is 50.2 Å². The Balaban J connectivity index is 1.60. The van der Waals surface area contributed by atoms with Crippen molar-refractivity contribution >= 4 is 16.7 Å². The van der Waals surface area contributed by atoms with Crippen molar-refractivity contribution in [3.63, 3.8) is 0 Å². The third kappa shape index (κ3) is 4.02. The number of aromatic nitrogens is 1. The van der Waals surface area contributed by atoms with Crippen LogP contribution in [0, 0.1) is 6.92 Å². The molecular formula is C25H28N2O4. The van der Waals surface area contributed by atoms with Crippen molar-refractivity contribution < 1.29 is 19.0 Å². The topological polar surface area (TPSA) is 60.9 Å². The predicted octanol–water partition coefficient (Wildman–Crippen LogP) is 4.59. The van der Waals surface area contributed by atoms with Gasteiger partial charge in [-0.15, -0.1) is 0 Å². The molecule has 1 fully saturated rings. The Morgan fingerprint density at radius 1 is 1.03 bits per heavy atom. The SMILES string of the molecule is COc1ccc(C(=O)N2CCCC(c3cc4c(C)c(OC)ccc4cn3)C2)c(OC)c1. The fourth-order valence-electron chi connectivity index (χ4n) is 4.36. The van der Waals surface area contributed by atoms with Crippen molar-refractivity contribution in [2.24, 2.45) is 0 Å². The van der Waals surface area contributed by atoms with Gasteiger partial charge < -0.3 is 19.1 Å². The summed E-state index contributed by atoms with van der Waals surface area (Å²) >= 11 is 0. The summed E-state index contributed by atoms with van der Waals surface area (Å²) in [6.07, 6.45) is 3.86. The Hall–Kier alpha value is -3.28. The molecule has 0 aliphatic carbocycles. The molecule has 6 nitrogen and oxygen atoms in total. The number of carbonyl (C=O) groups excluding carboxylic acids is 1. The molecule has 1 aliphatic heterocycles. The van der Waals surface area contributed by atoms with Crippen LogP contribution < -0.4 is 14.2 Å². The summed E-state index contributed by atoms with van der Waals surface area (Å²) in [4.78, 5) is 19.9. The van der Waals surface area contributed by atoms with Gasteiger partial charge in [0.15, 0.2) is 0 Å². The lowest BCUT2D eigenvalue weighted by Gasteiger charge is -2.33. The molecule has 2 heterocycles. The van der Waals surface area contributed by atoms with Gasteiger partial charge in [-0.1, -0.05) is 0 Å². The molecule has 6 heteroatoms. The number of methoxy groups -OCH3 is 3. The van der Waals surface area contributed by atoms with Crippen molar-refractivity contribution in [3.05, 3.63) is 59.4 Å². The first-order valence-corrected chi connectivity index (χ1v) is 10.5. The maximum atomic E-state index is 13.3. The number of pyridine rings is 1. The minimum absolute atomic E-state index is 0.0251. The van der Waals surface area contributed by atoms with E-state index in [1.165, 1.54) is 0 Å². The molecule has 1 aromatic heterocycles. The minimum atomic E-state index is -0.0251. The van der Waals surface area contributed by atoms with E-state index in [0.29, 0.717) is 23.6 Å². The Morgan fingerprint density at radius 2 is 1.84 bits per heavy atom. The predicted molar refractivity (Wildman–Crippen MR) is 120 cm³/mol. The molecule has 162 valence electrons. The third-order valence-electron chi connectivity index (χ3n) is 6.13.